The van der Waals surface area contributed by atoms with E-state index in [1.165, 1.54) is 0 Å². The van der Waals surface area contributed by atoms with Crippen molar-refractivity contribution in [3.05, 3.63) is 58.8 Å². The summed E-state index contributed by atoms with van der Waals surface area (Å²) in [4.78, 5) is 28.9. The number of amides is 1. The second kappa shape index (κ2) is 7.57. The topological polar surface area (TPSA) is 77.1 Å². The van der Waals surface area contributed by atoms with E-state index in [1.807, 2.05) is 43.3 Å². The summed E-state index contributed by atoms with van der Waals surface area (Å²) in [6.45, 7) is 1.92. The molecule has 130 valence electrons. The minimum Gasteiger partial charge on any atom is -0.469 e. The second-order valence-corrected chi connectivity index (χ2v) is 6.77. The van der Waals surface area contributed by atoms with Crippen molar-refractivity contribution < 1.29 is 9.21 Å². The molecule has 0 unspecified atom stereocenters. The first-order chi connectivity index (χ1) is 12.0. The average Bonchev–Trinajstić information content (AvgIpc) is 3.09. The van der Waals surface area contributed by atoms with Gasteiger partial charge < -0.3 is 14.3 Å². The Kier molecular flexibility index (Phi) is 5.23. The maximum atomic E-state index is 12.4. The first-order valence-corrected chi connectivity index (χ1v) is 8.93. The minimum absolute atomic E-state index is 0.0494. The van der Waals surface area contributed by atoms with Crippen molar-refractivity contribution in [2.45, 2.75) is 24.4 Å². The lowest BCUT2D eigenvalue weighted by Gasteiger charge is -2.12. The summed E-state index contributed by atoms with van der Waals surface area (Å²) in [5.41, 5.74) is 1.31. The fourth-order valence-corrected chi connectivity index (χ4v) is 3.35. The Labute approximate surface area is 149 Å². The molecule has 1 atom stereocenters. The predicted octanol–water partition coefficient (Wildman–Crippen LogP) is 2.37. The number of carbonyl (C=O) groups excluding carboxylic acids is 1. The molecular formula is C18H19N3O3S. The van der Waals surface area contributed by atoms with Crippen LogP contribution in [0, 0.1) is 0 Å². The van der Waals surface area contributed by atoms with Crippen LogP contribution in [-0.4, -0.2) is 27.3 Å². The summed E-state index contributed by atoms with van der Waals surface area (Å²) in [6, 6.07) is 11.1. The zero-order valence-electron chi connectivity index (χ0n) is 14.1. The standard InChI is InChI=1S/C18H19N3O3S/c1-12(10-13-6-5-9-24-13)19-16(22)11-25-17-18(23)21(2)15-8-4-3-7-14(15)20-17/h3-9,12H,10-11H2,1-2H3,(H,19,22)/t12-/m0/s1. The molecule has 6 nitrogen and oxygen atoms in total. The van der Waals surface area contributed by atoms with E-state index in [0.29, 0.717) is 11.4 Å². The fourth-order valence-electron chi connectivity index (χ4n) is 2.58. The molecule has 1 N–H and O–H groups in total. The lowest BCUT2D eigenvalue weighted by atomic mass is 10.2. The van der Waals surface area contributed by atoms with Gasteiger partial charge in [0.2, 0.25) is 5.91 Å². The number of rotatable bonds is 6. The van der Waals surface area contributed by atoms with Crippen molar-refractivity contribution >= 4 is 28.7 Å². The molecule has 0 aliphatic carbocycles. The van der Waals surface area contributed by atoms with Gasteiger partial charge in [0.1, 0.15) is 5.76 Å². The highest BCUT2D eigenvalue weighted by Gasteiger charge is 2.13. The summed E-state index contributed by atoms with van der Waals surface area (Å²) < 4.78 is 6.83. The number of thioether (sulfide) groups is 1. The Hall–Kier alpha value is -2.54. The molecular weight excluding hydrogens is 338 g/mol. The number of para-hydroxylation sites is 2. The van der Waals surface area contributed by atoms with E-state index in [4.69, 9.17) is 4.42 Å². The van der Waals surface area contributed by atoms with Crippen molar-refractivity contribution in [1.82, 2.24) is 14.9 Å². The second-order valence-electron chi connectivity index (χ2n) is 5.81. The number of aryl methyl sites for hydroxylation is 1. The maximum Gasteiger partial charge on any atom is 0.283 e. The molecule has 0 radical (unpaired) electrons. The molecule has 25 heavy (non-hydrogen) atoms. The molecule has 0 saturated heterocycles. The number of benzene rings is 1. The van der Waals surface area contributed by atoms with Gasteiger partial charge in [0.25, 0.3) is 5.56 Å². The summed E-state index contributed by atoms with van der Waals surface area (Å²) >= 11 is 1.15. The van der Waals surface area contributed by atoms with E-state index < -0.39 is 0 Å². The third-order valence-electron chi connectivity index (χ3n) is 3.79. The normalized spacial score (nSPS) is 12.2. The third-order valence-corrected chi connectivity index (χ3v) is 4.73. The lowest BCUT2D eigenvalue weighted by molar-refractivity contribution is -0.119. The zero-order chi connectivity index (χ0) is 17.8. The van der Waals surface area contributed by atoms with Gasteiger partial charge in [0.05, 0.1) is 23.0 Å². The summed E-state index contributed by atoms with van der Waals surface area (Å²) in [5, 5.41) is 3.23. The van der Waals surface area contributed by atoms with Gasteiger partial charge in [-0.25, -0.2) is 4.98 Å². The van der Waals surface area contributed by atoms with Gasteiger partial charge in [-0.05, 0) is 31.2 Å². The van der Waals surface area contributed by atoms with Crippen LogP contribution in [0.4, 0.5) is 0 Å². The molecule has 2 aromatic heterocycles. The van der Waals surface area contributed by atoms with E-state index in [2.05, 4.69) is 10.3 Å². The van der Waals surface area contributed by atoms with E-state index in [9.17, 15) is 9.59 Å². The molecule has 0 saturated carbocycles. The highest BCUT2D eigenvalue weighted by atomic mass is 32.2. The molecule has 7 heteroatoms. The first-order valence-electron chi connectivity index (χ1n) is 7.95. The number of fused-ring (bicyclic) bond motifs is 1. The monoisotopic (exact) mass is 357 g/mol. The quantitative estimate of drug-likeness (QED) is 0.685. The number of carbonyl (C=O) groups is 1. The highest BCUT2D eigenvalue weighted by Crippen LogP contribution is 2.15. The van der Waals surface area contributed by atoms with E-state index in [-0.39, 0.29) is 23.3 Å². The summed E-state index contributed by atoms with van der Waals surface area (Å²) in [6.07, 6.45) is 2.24. The molecule has 0 aliphatic rings. The van der Waals surface area contributed by atoms with Crippen LogP contribution in [0.3, 0.4) is 0 Å². The fraction of sp³-hybridized carbons (Fsp3) is 0.278. The van der Waals surface area contributed by atoms with Gasteiger partial charge in [-0.15, -0.1) is 0 Å². The van der Waals surface area contributed by atoms with Crippen molar-refractivity contribution in [3.63, 3.8) is 0 Å². The Morgan fingerprint density at radius 1 is 1.32 bits per heavy atom. The number of nitrogens with one attached hydrogen (secondary N) is 1. The van der Waals surface area contributed by atoms with E-state index >= 15 is 0 Å². The van der Waals surface area contributed by atoms with Crippen LogP contribution in [0.25, 0.3) is 11.0 Å². The van der Waals surface area contributed by atoms with Crippen LogP contribution in [0.15, 0.2) is 56.9 Å². The molecule has 1 aromatic carbocycles. The molecule has 3 rings (SSSR count). The Morgan fingerprint density at radius 2 is 2.12 bits per heavy atom. The van der Waals surface area contributed by atoms with Gasteiger partial charge in [-0.2, -0.15) is 0 Å². The van der Waals surface area contributed by atoms with Crippen molar-refractivity contribution in [3.8, 4) is 0 Å². The Balaban J connectivity index is 1.63. The predicted molar refractivity (Wildman–Crippen MR) is 97.7 cm³/mol. The molecule has 0 fully saturated rings. The Morgan fingerprint density at radius 3 is 2.88 bits per heavy atom. The van der Waals surface area contributed by atoms with Crippen LogP contribution in [-0.2, 0) is 18.3 Å². The van der Waals surface area contributed by atoms with Crippen molar-refractivity contribution in [1.29, 1.82) is 0 Å². The van der Waals surface area contributed by atoms with Gasteiger partial charge in [-0.3, -0.25) is 9.59 Å². The van der Waals surface area contributed by atoms with E-state index in [1.54, 1.807) is 17.9 Å². The number of hydrogen-bond donors (Lipinski definition) is 1. The summed E-state index contributed by atoms with van der Waals surface area (Å²) in [7, 11) is 1.71. The number of furan rings is 1. The van der Waals surface area contributed by atoms with Crippen LogP contribution in [0.1, 0.15) is 12.7 Å². The van der Waals surface area contributed by atoms with Gasteiger partial charge in [0, 0.05) is 19.5 Å². The summed E-state index contributed by atoms with van der Waals surface area (Å²) in [5.74, 6) is 0.829. The maximum absolute atomic E-state index is 12.4. The highest BCUT2D eigenvalue weighted by molar-refractivity contribution is 7.99. The first kappa shape index (κ1) is 17.3. The van der Waals surface area contributed by atoms with Crippen LogP contribution >= 0.6 is 11.8 Å². The molecule has 2 heterocycles. The van der Waals surface area contributed by atoms with Crippen LogP contribution in [0.2, 0.25) is 0 Å². The number of aromatic nitrogens is 2. The molecule has 0 aliphatic heterocycles. The largest absolute Gasteiger partial charge is 0.469 e. The number of nitrogens with zero attached hydrogens (tertiary/aromatic N) is 2. The third kappa shape index (κ3) is 4.11. The van der Waals surface area contributed by atoms with Crippen molar-refractivity contribution in [2.24, 2.45) is 7.05 Å². The molecule has 0 spiro atoms. The van der Waals surface area contributed by atoms with Gasteiger partial charge in [-0.1, -0.05) is 23.9 Å². The van der Waals surface area contributed by atoms with Gasteiger partial charge >= 0.3 is 0 Å². The average molecular weight is 357 g/mol. The number of hydrogen-bond acceptors (Lipinski definition) is 5. The smallest absolute Gasteiger partial charge is 0.283 e. The van der Waals surface area contributed by atoms with Gasteiger partial charge in [0.15, 0.2) is 5.03 Å². The zero-order valence-corrected chi connectivity index (χ0v) is 14.9. The Bertz CT molecular complexity index is 934. The van der Waals surface area contributed by atoms with Crippen molar-refractivity contribution in [2.75, 3.05) is 5.75 Å². The van der Waals surface area contributed by atoms with Crippen LogP contribution < -0.4 is 10.9 Å². The molecule has 1 amide bonds. The van der Waals surface area contributed by atoms with E-state index in [0.717, 1.165) is 28.6 Å². The minimum atomic E-state index is -0.194. The van der Waals surface area contributed by atoms with Crippen LogP contribution in [0.5, 0.6) is 0 Å². The molecule has 0 bridgehead atoms. The lowest BCUT2D eigenvalue weighted by Crippen LogP contribution is -2.35. The SMILES string of the molecule is C[C@@H](Cc1ccco1)NC(=O)CSc1nc2ccccc2n(C)c1=O. The molecule has 3 aromatic rings.